The number of hydrogen-bond donors (Lipinski definition) is 0. The summed E-state index contributed by atoms with van der Waals surface area (Å²) in [5.41, 5.74) is 3.87. The van der Waals surface area contributed by atoms with Crippen LogP contribution in [-0.4, -0.2) is 17.9 Å². The summed E-state index contributed by atoms with van der Waals surface area (Å²) in [6, 6.07) is 8.29. The summed E-state index contributed by atoms with van der Waals surface area (Å²) in [5, 5.41) is -0.0853. The number of alkyl halides is 3. The van der Waals surface area contributed by atoms with Crippen molar-refractivity contribution in [1.29, 1.82) is 0 Å². The smallest absolute Gasteiger partial charge is 0.481 e. The van der Waals surface area contributed by atoms with E-state index >= 15 is 0 Å². The van der Waals surface area contributed by atoms with Gasteiger partial charge in [0, 0.05) is 32.7 Å². The van der Waals surface area contributed by atoms with Gasteiger partial charge in [-0.25, -0.2) is 0 Å². The van der Waals surface area contributed by atoms with E-state index in [1.807, 2.05) is 6.92 Å². The Morgan fingerprint density at radius 3 is 2.33 bits per heavy atom. The number of hydrogen-bond acceptors (Lipinski definition) is 2. The van der Waals surface area contributed by atoms with Crippen molar-refractivity contribution in [3.05, 3.63) is 41.4 Å². The van der Waals surface area contributed by atoms with Crippen LogP contribution in [0.5, 0.6) is 0 Å². The molecule has 0 spiro atoms. The normalized spacial score (nSPS) is 11.4. The largest absolute Gasteiger partial charge is 0.513 e. The molecule has 0 atom stereocenters. The Morgan fingerprint density at radius 1 is 1.22 bits per heavy atom. The molecule has 0 aromatic heterocycles. The molecule has 0 heterocycles. The Kier molecular flexibility index (Phi) is 8.98. The van der Waals surface area contributed by atoms with Crippen LogP contribution in [0.4, 0.5) is 13.2 Å². The van der Waals surface area contributed by atoms with Crippen LogP contribution in [0.25, 0.3) is 5.48 Å². The summed E-state index contributed by atoms with van der Waals surface area (Å²) >= 11 is 0. The minimum absolute atomic E-state index is 0. The molecule has 99 valence electrons. The van der Waals surface area contributed by atoms with Crippen LogP contribution < -0.4 is 0 Å². The van der Waals surface area contributed by atoms with Gasteiger partial charge in [-0.2, -0.15) is 13.2 Å². The van der Waals surface area contributed by atoms with Gasteiger partial charge in [0.15, 0.2) is 0 Å². The van der Waals surface area contributed by atoms with Gasteiger partial charge in [-0.3, -0.25) is 0 Å². The van der Waals surface area contributed by atoms with Crippen LogP contribution >= 0.6 is 0 Å². The summed E-state index contributed by atoms with van der Waals surface area (Å²) < 4.78 is 37.7. The first-order valence-electron chi connectivity index (χ1n) is 5.26. The van der Waals surface area contributed by atoms with E-state index in [1.54, 1.807) is 30.3 Å². The van der Waals surface area contributed by atoms with Gasteiger partial charge in [0.05, 0.1) is 6.54 Å². The molecule has 7 heteroatoms. The molecule has 1 aromatic rings. The second kappa shape index (κ2) is 8.99. The Hall–Kier alpha value is -0.00610. The quantitative estimate of drug-likeness (QED) is 0.451. The molecule has 0 aliphatic rings. The molecule has 1 rings (SSSR count). The van der Waals surface area contributed by atoms with E-state index in [4.69, 9.17) is 0 Å². The third-order valence-electron chi connectivity index (χ3n) is 1.92. The summed E-state index contributed by atoms with van der Waals surface area (Å²) in [4.78, 5) is 4.38. The van der Waals surface area contributed by atoms with Crippen molar-refractivity contribution < 1.29 is 50.8 Å². The summed E-state index contributed by atoms with van der Waals surface area (Å²) in [7, 11) is 0. The molecule has 0 aliphatic heterocycles. The van der Waals surface area contributed by atoms with E-state index in [2.05, 4.69) is 10.4 Å². The van der Waals surface area contributed by atoms with Crippen molar-refractivity contribution in [2.75, 3.05) is 6.54 Å². The number of benzene rings is 1. The van der Waals surface area contributed by atoms with Crippen LogP contribution in [0.3, 0.4) is 0 Å². The fraction of sp³-hybridized carbons (Fsp3) is 0.455. The summed E-state index contributed by atoms with van der Waals surface area (Å²) in [5.74, 6) is 0. The molecule has 0 amide bonds. The van der Waals surface area contributed by atoms with Gasteiger partial charge in [0.1, 0.15) is 0 Å². The SMILES string of the molecule is CCC[N-]ON(Cc1ccccc1)C(F)(F)F.[Y]. The van der Waals surface area contributed by atoms with Gasteiger partial charge < -0.3 is 10.4 Å². The number of halogens is 3. The molecule has 3 nitrogen and oxygen atoms in total. The number of hydroxylamine groups is 3. The van der Waals surface area contributed by atoms with Crippen molar-refractivity contribution >= 4 is 0 Å². The zero-order valence-electron chi connectivity index (χ0n) is 10.0. The molecule has 0 saturated heterocycles. The van der Waals surface area contributed by atoms with Gasteiger partial charge in [0.2, 0.25) is 0 Å². The minimum Gasteiger partial charge on any atom is -0.513 e. The number of nitrogens with zero attached hydrogens (tertiary/aromatic N) is 2. The maximum absolute atomic E-state index is 12.6. The molecule has 0 aliphatic carbocycles. The van der Waals surface area contributed by atoms with Crippen molar-refractivity contribution in [2.45, 2.75) is 26.2 Å². The van der Waals surface area contributed by atoms with Crippen molar-refractivity contribution in [3.8, 4) is 0 Å². The third-order valence-corrected chi connectivity index (χ3v) is 1.92. The molecular formula is C11H14F3N2OY-. The Bertz CT molecular complexity index is 322. The first-order valence-corrected chi connectivity index (χ1v) is 5.26. The zero-order chi connectivity index (χ0) is 12.7. The fourth-order valence-corrected chi connectivity index (χ4v) is 1.12. The van der Waals surface area contributed by atoms with Crippen LogP contribution in [-0.2, 0) is 44.2 Å². The van der Waals surface area contributed by atoms with Crippen LogP contribution in [0.1, 0.15) is 18.9 Å². The Morgan fingerprint density at radius 2 is 1.83 bits per heavy atom. The van der Waals surface area contributed by atoms with Crippen LogP contribution in [0.15, 0.2) is 30.3 Å². The van der Waals surface area contributed by atoms with E-state index in [0.29, 0.717) is 12.0 Å². The van der Waals surface area contributed by atoms with Gasteiger partial charge in [-0.05, 0) is 5.56 Å². The maximum Gasteiger partial charge on any atom is 0.481 e. The van der Waals surface area contributed by atoms with E-state index < -0.39 is 6.30 Å². The molecule has 1 radical (unpaired) electrons. The minimum atomic E-state index is -4.56. The Labute approximate surface area is 129 Å². The van der Waals surface area contributed by atoms with E-state index in [9.17, 15) is 13.2 Å². The molecule has 0 unspecified atom stereocenters. The van der Waals surface area contributed by atoms with Crippen molar-refractivity contribution in [2.24, 2.45) is 0 Å². The van der Waals surface area contributed by atoms with E-state index in [0.717, 1.165) is 0 Å². The predicted octanol–water partition coefficient (Wildman–Crippen LogP) is 3.64. The first-order chi connectivity index (χ1) is 8.04. The molecule has 0 fully saturated rings. The second-order valence-electron chi connectivity index (χ2n) is 3.42. The molecule has 0 N–H and O–H groups in total. The Balaban J connectivity index is 0.00000289. The molecular weight excluding hydrogens is 322 g/mol. The molecule has 18 heavy (non-hydrogen) atoms. The standard InChI is InChI=1S/C11H14F3N2O.Y/c1-2-8-15-17-16(11(12,13)14)9-10-6-4-3-5-7-10;/h3-7H,2,8-9H2,1H3;/q-1;. The second-order valence-corrected chi connectivity index (χ2v) is 3.42. The number of rotatable bonds is 6. The van der Waals surface area contributed by atoms with Gasteiger partial charge in [-0.15, -0.1) is 11.6 Å². The van der Waals surface area contributed by atoms with E-state index in [1.165, 1.54) is 0 Å². The van der Waals surface area contributed by atoms with E-state index in [-0.39, 0.29) is 50.9 Å². The molecule has 0 saturated carbocycles. The first kappa shape index (κ1) is 18.0. The van der Waals surface area contributed by atoms with Crippen LogP contribution in [0.2, 0.25) is 0 Å². The molecule has 0 bridgehead atoms. The van der Waals surface area contributed by atoms with Gasteiger partial charge >= 0.3 is 6.30 Å². The van der Waals surface area contributed by atoms with Crippen molar-refractivity contribution in [1.82, 2.24) is 5.06 Å². The topological polar surface area (TPSA) is 26.6 Å². The zero-order valence-corrected chi connectivity index (χ0v) is 12.9. The maximum atomic E-state index is 12.6. The average molecular weight is 336 g/mol. The fourth-order valence-electron chi connectivity index (χ4n) is 1.12. The monoisotopic (exact) mass is 336 g/mol. The van der Waals surface area contributed by atoms with Crippen molar-refractivity contribution in [3.63, 3.8) is 0 Å². The van der Waals surface area contributed by atoms with Gasteiger partial charge in [0.25, 0.3) is 0 Å². The van der Waals surface area contributed by atoms with Gasteiger partial charge in [-0.1, -0.05) is 43.7 Å². The summed E-state index contributed by atoms with van der Waals surface area (Å²) in [6.45, 7) is 1.67. The average Bonchev–Trinajstić information content (AvgIpc) is 2.28. The summed E-state index contributed by atoms with van der Waals surface area (Å²) in [6.07, 6.45) is -3.93. The molecule has 1 aromatic carbocycles. The third kappa shape index (κ3) is 6.80. The predicted molar refractivity (Wildman–Crippen MR) is 57.6 cm³/mol. The van der Waals surface area contributed by atoms with Crippen LogP contribution in [0, 0.1) is 0 Å².